The Labute approximate surface area is 123 Å². The number of nitrogens with two attached hydrogens (primary N) is 1. The molecule has 0 radical (unpaired) electrons. The standard InChI is InChI=1S/C11H15N5O.2ClH/c1-8(13-10(17)5-6-12)11-15-14-9-4-2-3-7-16(9)11;;/h2-4,7-8H,5-6,12H2,1H3,(H,13,17);2*1H. The van der Waals surface area contributed by atoms with Gasteiger partial charge in [0.25, 0.3) is 0 Å². The summed E-state index contributed by atoms with van der Waals surface area (Å²) in [6.45, 7) is 2.22. The molecule has 0 aromatic carbocycles. The van der Waals surface area contributed by atoms with E-state index in [0.29, 0.717) is 18.8 Å². The van der Waals surface area contributed by atoms with E-state index >= 15 is 0 Å². The van der Waals surface area contributed by atoms with Gasteiger partial charge in [0.1, 0.15) is 0 Å². The number of aromatic nitrogens is 3. The minimum atomic E-state index is -0.188. The van der Waals surface area contributed by atoms with Gasteiger partial charge in [0, 0.05) is 19.2 Å². The minimum absolute atomic E-state index is 0. The van der Waals surface area contributed by atoms with E-state index < -0.39 is 0 Å². The van der Waals surface area contributed by atoms with Crippen LogP contribution >= 0.6 is 24.8 Å². The first-order chi connectivity index (χ1) is 8.22. The molecule has 1 atom stereocenters. The molecule has 0 aliphatic carbocycles. The van der Waals surface area contributed by atoms with Crippen molar-refractivity contribution >= 4 is 36.4 Å². The van der Waals surface area contributed by atoms with E-state index in [1.807, 2.05) is 35.7 Å². The number of amides is 1. The van der Waals surface area contributed by atoms with Crippen LogP contribution in [0, 0.1) is 0 Å². The molecule has 0 spiro atoms. The Kier molecular flexibility index (Phi) is 7.36. The Balaban J connectivity index is 0.00000162. The number of halogens is 2. The maximum Gasteiger partial charge on any atom is 0.221 e. The van der Waals surface area contributed by atoms with Crippen molar-refractivity contribution in [3.63, 3.8) is 0 Å². The Hall–Kier alpha value is -1.37. The van der Waals surface area contributed by atoms with Crippen LogP contribution in [0.4, 0.5) is 0 Å². The molecule has 2 rings (SSSR count). The lowest BCUT2D eigenvalue weighted by atomic mass is 10.3. The van der Waals surface area contributed by atoms with Gasteiger partial charge in [-0.2, -0.15) is 0 Å². The quantitative estimate of drug-likeness (QED) is 0.886. The summed E-state index contributed by atoms with van der Waals surface area (Å²) < 4.78 is 1.85. The largest absolute Gasteiger partial charge is 0.346 e. The van der Waals surface area contributed by atoms with Gasteiger partial charge in [-0.15, -0.1) is 35.0 Å². The van der Waals surface area contributed by atoms with Crippen LogP contribution in [0.5, 0.6) is 0 Å². The highest BCUT2D eigenvalue weighted by Gasteiger charge is 2.14. The number of nitrogens with one attached hydrogen (secondary N) is 1. The number of pyridine rings is 1. The first-order valence-electron chi connectivity index (χ1n) is 5.51. The summed E-state index contributed by atoms with van der Waals surface area (Å²) in [5, 5.41) is 10.9. The van der Waals surface area contributed by atoms with Gasteiger partial charge in [0.2, 0.25) is 5.91 Å². The number of hydrogen-bond acceptors (Lipinski definition) is 4. The highest BCUT2D eigenvalue weighted by molar-refractivity contribution is 5.85. The molecule has 2 heterocycles. The zero-order valence-corrected chi connectivity index (χ0v) is 12.1. The number of hydrogen-bond donors (Lipinski definition) is 2. The third-order valence-electron chi connectivity index (χ3n) is 2.48. The van der Waals surface area contributed by atoms with Crippen LogP contribution in [0.25, 0.3) is 5.65 Å². The van der Waals surface area contributed by atoms with Crippen LogP contribution in [0.15, 0.2) is 24.4 Å². The third-order valence-corrected chi connectivity index (χ3v) is 2.48. The number of fused-ring (bicyclic) bond motifs is 1. The van der Waals surface area contributed by atoms with E-state index in [-0.39, 0.29) is 36.8 Å². The Morgan fingerprint density at radius 1 is 1.42 bits per heavy atom. The SMILES string of the molecule is CC(NC(=O)CCN)c1nnc2ccccn12.Cl.Cl. The molecule has 8 heteroatoms. The number of carbonyl (C=O) groups excluding carboxylic acids is 1. The summed E-state index contributed by atoms with van der Waals surface area (Å²) in [5.41, 5.74) is 6.09. The second kappa shape index (κ2) is 7.93. The predicted molar refractivity (Wildman–Crippen MR) is 77.7 cm³/mol. The number of carbonyl (C=O) groups is 1. The van der Waals surface area contributed by atoms with Gasteiger partial charge >= 0.3 is 0 Å². The molecule has 1 amide bonds. The van der Waals surface area contributed by atoms with Crippen LogP contribution in [-0.2, 0) is 4.79 Å². The molecule has 6 nitrogen and oxygen atoms in total. The maximum atomic E-state index is 11.4. The van der Waals surface area contributed by atoms with Gasteiger partial charge in [0.05, 0.1) is 6.04 Å². The molecular formula is C11H17Cl2N5O. The number of rotatable bonds is 4. The van der Waals surface area contributed by atoms with Crippen molar-refractivity contribution in [2.45, 2.75) is 19.4 Å². The fourth-order valence-corrected chi connectivity index (χ4v) is 1.66. The van der Waals surface area contributed by atoms with Gasteiger partial charge in [-0.25, -0.2) is 0 Å². The summed E-state index contributed by atoms with van der Waals surface area (Å²) in [5.74, 6) is 0.638. The Morgan fingerprint density at radius 2 is 2.16 bits per heavy atom. The molecule has 2 aromatic heterocycles. The van der Waals surface area contributed by atoms with Gasteiger partial charge in [-0.1, -0.05) is 6.07 Å². The summed E-state index contributed by atoms with van der Waals surface area (Å²) >= 11 is 0. The van der Waals surface area contributed by atoms with E-state index in [2.05, 4.69) is 15.5 Å². The molecule has 2 aromatic rings. The third kappa shape index (κ3) is 4.05. The van der Waals surface area contributed by atoms with Gasteiger partial charge in [-0.05, 0) is 19.1 Å². The zero-order valence-electron chi connectivity index (χ0n) is 10.4. The van der Waals surface area contributed by atoms with E-state index in [0.717, 1.165) is 5.65 Å². The number of nitrogens with zero attached hydrogens (tertiary/aromatic N) is 3. The second-order valence-corrected chi connectivity index (χ2v) is 3.81. The van der Waals surface area contributed by atoms with Crippen LogP contribution in [0.1, 0.15) is 25.2 Å². The Bertz CT molecular complexity index is 531. The van der Waals surface area contributed by atoms with Crippen LogP contribution in [0.3, 0.4) is 0 Å². The normalized spacial score (nSPS) is 11.3. The van der Waals surface area contributed by atoms with Crippen molar-refractivity contribution in [1.29, 1.82) is 0 Å². The average Bonchev–Trinajstić information content (AvgIpc) is 2.72. The highest BCUT2D eigenvalue weighted by atomic mass is 35.5. The maximum absolute atomic E-state index is 11.4. The van der Waals surface area contributed by atoms with Crippen molar-refractivity contribution < 1.29 is 4.79 Å². The van der Waals surface area contributed by atoms with E-state index in [1.165, 1.54) is 0 Å². The molecule has 0 aliphatic heterocycles. The van der Waals surface area contributed by atoms with Crippen LogP contribution in [0.2, 0.25) is 0 Å². The second-order valence-electron chi connectivity index (χ2n) is 3.81. The highest BCUT2D eigenvalue weighted by Crippen LogP contribution is 2.11. The summed E-state index contributed by atoms with van der Waals surface area (Å²) in [4.78, 5) is 11.4. The molecular weight excluding hydrogens is 289 g/mol. The fraction of sp³-hybridized carbons (Fsp3) is 0.364. The first-order valence-corrected chi connectivity index (χ1v) is 5.51. The zero-order chi connectivity index (χ0) is 12.3. The molecule has 106 valence electrons. The van der Waals surface area contributed by atoms with Crippen molar-refractivity contribution in [2.24, 2.45) is 5.73 Å². The summed E-state index contributed by atoms with van der Waals surface area (Å²) in [6.07, 6.45) is 2.19. The summed E-state index contributed by atoms with van der Waals surface area (Å²) in [7, 11) is 0. The topological polar surface area (TPSA) is 85.3 Å². The lowest BCUT2D eigenvalue weighted by Gasteiger charge is -2.11. The van der Waals surface area contributed by atoms with Crippen molar-refractivity contribution in [3.05, 3.63) is 30.2 Å². The first kappa shape index (κ1) is 17.6. The van der Waals surface area contributed by atoms with E-state index in [4.69, 9.17) is 5.73 Å². The fourth-order valence-electron chi connectivity index (χ4n) is 1.66. The Morgan fingerprint density at radius 3 is 2.84 bits per heavy atom. The lowest BCUT2D eigenvalue weighted by molar-refractivity contribution is -0.121. The van der Waals surface area contributed by atoms with Gasteiger partial charge < -0.3 is 11.1 Å². The molecule has 0 saturated carbocycles. The molecule has 3 N–H and O–H groups in total. The van der Waals surface area contributed by atoms with Gasteiger partial charge in [0.15, 0.2) is 11.5 Å². The minimum Gasteiger partial charge on any atom is -0.346 e. The molecule has 0 fully saturated rings. The van der Waals surface area contributed by atoms with E-state index in [1.54, 1.807) is 0 Å². The molecule has 0 bridgehead atoms. The molecule has 0 saturated heterocycles. The smallest absolute Gasteiger partial charge is 0.221 e. The lowest BCUT2D eigenvalue weighted by Crippen LogP contribution is -2.29. The molecule has 19 heavy (non-hydrogen) atoms. The van der Waals surface area contributed by atoms with Crippen molar-refractivity contribution in [1.82, 2.24) is 19.9 Å². The van der Waals surface area contributed by atoms with Gasteiger partial charge in [-0.3, -0.25) is 9.20 Å². The van der Waals surface area contributed by atoms with Crippen molar-refractivity contribution in [2.75, 3.05) is 6.54 Å². The van der Waals surface area contributed by atoms with Crippen molar-refractivity contribution in [3.8, 4) is 0 Å². The monoisotopic (exact) mass is 305 g/mol. The summed E-state index contributed by atoms with van der Waals surface area (Å²) in [6, 6.07) is 5.47. The average molecular weight is 306 g/mol. The predicted octanol–water partition coefficient (Wildman–Crippen LogP) is 1.10. The molecule has 1 unspecified atom stereocenters. The van der Waals surface area contributed by atoms with Crippen LogP contribution in [-0.4, -0.2) is 27.0 Å². The van der Waals surface area contributed by atoms with Crippen LogP contribution < -0.4 is 11.1 Å². The van der Waals surface area contributed by atoms with E-state index in [9.17, 15) is 4.79 Å². The molecule has 0 aliphatic rings.